The van der Waals surface area contributed by atoms with E-state index >= 15 is 0 Å². The number of carboxylic acids is 1. The van der Waals surface area contributed by atoms with E-state index in [0.29, 0.717) is 0 Å². The van der Waals surface area contributed by atoms with Crippen molar-refractivity contribution in [2.75, 3.05) is 0 Å². The first-order chi connectivity index (χ1) is 6.97. The van der Waals surface area contributed by atoms with Crippen molar-refractivity contribution in [3.8, 4) is 0 Å². The van der Waals surface area contributed by atoms with Crippen LogP contribution in [-0.2, 0) is 9.53 Å². The lowest BCUT2D eigenvalue weighted by atomic mass is 9.86. The highest BCUT2D eigenvalue weighted by Gasteiger charge is 2.35. The molecule has 0 unspecified atom stereocenters. The van der Waals surface area contributed by atoms with Gasteiger partial charge in [-0.3, -0.25) is 4.79 Å². The van der Waals surface area contributed by atoms with E-state index in [1.165, 1.54) is 0 Å². The van der Waals surface area contributed by atoms with E-state index in [-0.39, 0.29) is 0 Å². The fourth-order valence-corrected chi connectivity index (χ4v) is 0.850. The highest BCUT2D eigenvalue weighted by molar-refractivity contribution is 5.76. The van der Waals surface area contributed by atoms with E-state index in [4.69, 9.17) is 9.84 Å². The molecular formula is C11H21NO4. The van der Waals surface area contributed by atoms with Gasteiger partial charge in [-0.15, -0.1) is 0 Å². The zero-order valence-corrected chi connectivity index (χ0v) is 10.7. The highest BCUT2D eigenvalue weighted by Crippen LogP contribution is 2.21. The lowest BCUT2D eigenvalue weighted by Gasteiger charge is -2.29. The molecule has 0 spiro atoms. The summed E-state index contributed by atoms with van der Waals surface area (Å²) >= 11 is 0. The first-order valence-electron chi connectivity index (χ1n) is 5.19. The molecule has 0 aromatic carbocycles. The number of nitrogens with one attached hydrogen (secondary N) is 1. The summed E-state index contributed by atoms with van der Waals surface area (Å²) in [5.41, 5.74) is -1.62. The highest BCUT2D eigenvalue weighted by atomic mass is 16.6. The molecule has 5 nitrogen and oxygen atoms in total. The molecule has 0 saturated carbocycles. The summed E-state index contributed by atoms with van der Waals surface area (Å²) in [6.07, 6.45) is -0.602. The molecule has 94 valence electrons. The Kier molecular flexibility index (Phi) is 4.35. The van der Waals surface area contributed by atoms with Gasteiger partial charge in [0.1, 0.15) is 5.60 Å². The van der Waals surface area contributed by atoms with Gasteiger partial charge in [0, 0.05) is 6.04 Å². The van der Waals surface area contributed by atoms with Gasteiger partial charge in [-0.05, 0) is 41.5 Å². The Balaban J connectivity index is 4.41. The maximum absolute atomic E-state index is 11.4. The van der Waals surface area contributed by atoms with Gasteiger partial charge >= 0.3 is 12.1 Å². The second-order valence-electron chi connectivity index (χ2n) is 5.39. The molecule has 0 radical (unpaired) electrons. The standard InChI is InChI=1S/C11H21NO4/c1-7(11(5,6)8(13)14)12-9(15)16-10(2,3)4/h7H,1-6H3,(H,12,15)(H,13,14)/t7-/m0/s1. The van der Waals surface area contributed by atoms with Gasteiger partial charge in [0.25, 0.3) is 0 Å². The van der Waals surface area contributed by atoms with Crippen LogP contribution in [0.15, 0.2) is 0 Å². The molecule has 1 atom stereocenters. The normalized spacial score (nSPS) is 14.1. The summed E-state index contributed by atoms with van der Waals surface area (Å²) in [7, 11) is 0. The quantitative estimate of drug-likeness (QED) is 0.779. The van der Waals surface area contributed by atoms with E-state index < -0.39 is 29.1 Å². The summed E-state index contributed by atoms with van der Waals surface area (Å²) in [4.78, 5) is 22.3. The lowest BCUT2D eigenvalue weighted by Crippen LogP contribution is -2.48. The van der Waals surface area contributed by atoms with E-state index in [0.717, 1.165) is 0 Å². The number of rotatable bonds is 3. The second kappa shape index (κ2) is 4.72. The van der Waals surface area contributed by atoms with Crippen LogP contribution < -0.4 is 5.32 Å². The SMILES string of the molecule is C[C@H](NC(=O)OC(C)(C)C)C(C)(C)C(=O)O. The van der Waals surface area contributed by atoms with Gasteiger partial charge in [-0.25, -0.2) is 4.79 Å². The number of carbonyl (C=O) groups is 2. The van der Waals surface area contributed by atoms with Gasteiger partial charge in [0.15, 0.2) is 0 Å². The number of hydrogen-bond donors (Lipinski definition) is 2. The Hall–Kier alpha value is -1.26. The number of aliphatic carboxylic acids is 1. The van der Waals surface area contributed by atoms with Gasteiger partial charge in [-0.2, -0.15) is 0 Å². The molecule has 0 aromatic heterocycles. The largest absolute Gasteiger partial charge is 0.481 e. The summed E-state index contributed by atoms with van der Waals surface area (Å²) in [5, 5.41) is 11.5. The molecule has 0 bridgehead atoms. The molecule has 0 rings (SSSR count). The predicted octanol–water partition coefficient (Wildman–Crippen LogP) is 2.01. The van der Waals surface area contributed by atoms with Crippen molar-refractivity contribution in [2.24, 2.45) is 5.41 Å². The Morgan fingerprint density at radius 3 is 1.94 bits per heavy atom. The van der Waals surface area contributed by atoms with Crippen LogP contribution in [0.5, 0.6) is 0 Å². The van der Waals surface area contributed by atoms with Crippen molar-refractivity contribution in [1.29, 1.82) is 0 Å². The fraction of sp³-hybridized carbons (Fsp3) is 0.818. The zero-order valence-electron chi connectivity index (χ0n) is 10.7. The molecule has 0 fully saturated rings. The average Bonchev–Trinajstić information content (AvgIpc) is 1.99. The fourth-order valence-electron chi connectivity index (χ4n) is 0.850. The van der Waals surface area contributed by atoms with Crippen molar-refractivity contribution in [3.05, 3.63) is 0 Å². The Bertz CT molecular complexity index is 278. The second-order valence-corrected chi connectivity index (χ2v) is 5.39. The first kappa shape index (κ1) is 14.7. The molecule has 0 heterocycles. The minimum Gasteiger partial charge on any atom is -0.481 e. The van der Waals surface area contributed by atoms with Crippen LogP contribution in [0.3, 0.4) is 0 Å². The molecule has 0 aliphatic rings. The van der Waals surface area contributed by atoms with Crippen LogP contribution in [0.25, 0.3) is 0 Å². The third-order valence-electron chi connectivity index (χ3n) is 2.37. The molecule has 2 N–H and O–H groups in total. The van der Waals surface area contributed by atoms with Gasteiger partial charge in [0.05, 0.1) is 5.41 Å². The van der Waals surface area contributed by atoms with Crippen LogP contribution in [0.2, 0.25) is 0 Å². The van der Waals surface area contributed by atoms with Crippen molar-refractivity contribution in [2.45, 2.75) is 53.2 Å². The number of alkyl carbamates (subject to hydrolysis) is 1. The minimum absolute atomic E-state index is 0.514. The maximum Gasteiger partial charge on any atom is 0.407 e. The molecule has 0 aliphatic carbocycles. The predicted molar refractivity (Wildman–Crippen MR) is 60.2 cm³/mol. The molecule has 0 saturated heterocycles. The third kappa shape index (κ3) is 4.51. The topological polar surface area (TPSA) is 75.6 Å². The summed E-state index contributed by atoms with van der Waals surface area (Å²) < 4.78 is 5.04. The monoisotopic (exact) mass is 231 g/mol. The van der Waals surface area contributed by atoms with Crippen molar-refractivity contribution >= 4 is 12.1 Å². The van der Waals surface area contributed by atoms with Crippen molar-refractivity contribution in [3.63, 3.8) is 0 Å². The molecule has 0 aliphatic heterocycles. The smallest absolute Gasteiger partial charge is 0.407 e. The molecule has 16 heavy (non-hydrogen) atoms. The van der Waals surface area contributed by atoms with Crippen LogP contribution in [0, 0.1) is 5.41 Å². The number of hydrogen-bond acceptors (Lipinski definition) is 3. The third-order valence-corrected chi connectivity index (χ3v) is 2.37. The maximum atomic E-state index is 11.4. The summed E-state index contributed by atoms with van der Waals surface area (Å²) in [5.74, 6) is -0.962. The number of amides is 1. The van der Waals surface area contributed by atoms with E-state index in [9.17, 15) is 9.59 Å². The van der Waals surface area contributed by atoms with Crippen LogP contribution in [0.4, 0.5) is 4.79 Å². The lowest BCUT2D eigenvalue weighted by molar-refractivity contribution is -0.148. The summed E-state index contributed by atoms with van der Waals surface area (Å²) in [6, 6.07) is -0.514. The van der Waals surface area contributed by atoms with Gasteiger partial charge in [0.2, 0.25) is 0 Å². The Morgan fingerprint density at radius 1 is 1.19 bits per heavy atom. The van der Waals surface area contributed by atoms with Crippen LogP contribution >= 0.6 is 0 Å². The molecule has 5 heteroatoms. The number of carboxylic acid groups (broad SMARTS) is 1. The molecular weight excluding hydrogens is 210 g/mol. The van der Waals surface area contributed by atoms with Crippen molar-refractivity contribution < 1.29 is 19.4 Å². The zero-order chi connectivity index (χ0) is 13.1. The Labute approximate surface area is 96.2 Å². The van der Waals surface area contributed by atoms with E-state index in [1.54, 1.807) is 41.5 Å². The van der Waals surface area contributed by atoms with Crippen molar-refractivity contribution in [1.82, 2.24) is 5.32 Å². The Morgan fingerprint density at radius 2 is 1.62 bits per heavy atom. The van der Waals surface area contributed by atoms with Gasteiger partial charge in [-0.1, -0.05) is 0 Å². The van der Waals surface area contributed by atoms with Crippen LogP contribution in [0.1, 0.15) is 41.5 Å². The number of ether oxygens (including phenoxy) is 1. The van der Waals surface area contributed by atoms with E-state index in [2.05, 4.69) is 5.32 Å². The average molecular weight is 231 g/mol. The molecule has 0 aromatic rings. The first-order valence-corrected chi connectivity index (χ1v) is 5.19. The van der Waals surface area contributed by atoms with Crippen LogP contribution in [-0.4, -0.2) is 28.8 Å². The molecule has 1 amide bonds. The summed E-state index contributed by atoms with van der Waals surface area (Å²) in [6.45, 7) is 9.99. The van der Waals surface area contributed by atoms with Gasteiger partial charge < -0.3 is 15.2 Å². The minimum atomic E-state index is -1.03. The van der Waals surface area contributed by atoms with E-state index in [1.807, 2.05) is 0 Å². The number of carbonyl (C=O) groups excluding carboxylic acids is 1.